The number of carbonyl (C=O) groups excluding carboxylic acids is 1. The van der Waals surface area contributed by atoms with Gasteiger partial charge >= 0.3 is 12.1 Å². The number of pyridine rings is 1. The van der Waals surface area contributed by atoms with Gasteiger partial charge in [-0.05, 0) is 49.7 Å². The zero-order valence-corrected chi connectivity index (χ0v) is 28.0. The van der Waals surface area contributed by atoms with Gasteiger partial charge in [0.25, 0.3) is 0 Å². The molecule has 0 fully saturated rings. The van der Waals surface area contributed by atoms with E-state index in [-0.39, 0.29) is 31.7 Å². The number of methoxy groups -OCH3 is 1. The summed E-state index contributed by atoms with van der Waals surface area (Å²) in [7, 11) is 0.157. The Morgan fingerprint density at radius 1 is 1.00 bits per heavy atom. The average molecular weight is 656 g/mol. The zero-order valence-electron chi connectivity index (χ0n) is 27.0. The summed E-state index contributed by atoms with van der Waals surface area (Å²) in [6.45, 7) is 10.8. The Labute approximate surface area is 268 Å². The van der Waals surface area contributed by atoms with Crippen LogP contribution in [0.1, 0.15) is 25.1 Å². The van der Waals surface area contributed by atoms with Crippen LogP contribution in [0.4, 0.5) is 13.2 Å². The van der Waals surface area contributed by atoms with E-state index in [1.807, 2.05) is 30.3 Å². The number of halogens is 3. The number of aromatic nitrogens is 3. The van der Waals surface area contributed by atoms with Crippen LogP contribution in [0.3, 0.4) is 0 Å². The van der Waals surface area contributed by atoms with Gasteiger partial charge in [0.15, 0.2) is 5.69 Å². The molecule has 0 saturated heterocycles. The Hall–Kier alpha value is -4.16. The van der Waals surface area contributed by atoms with Gasteiger partial charge in [0.1, 0.15) is 37.3 Å². The molecular weight excluding hydrogens is 615 g/mol. The summed E-state index contributed by atoms with van der Waals surface area (Å²) in [6, 6.07) is 18.9. The molecule has 0 unspecified atom stereocenters. The van der Waals surface area contributed by atoms with Crippen LogP contribution in [0.25, 0.3) is 22.6 Å². The van der Waals surface area contributed by atoms with Gasteiger partial charge in [0, 0.05) is 44.3 Å². The molecule has 2 aromatic carbocycles. The summed E-state index contributed by atoms with van der Waals surface area (Å²) < 4.78 is 64.7. The van der Waals surface area contributed by atoms with Crippen LogP contribution in [0.5, 0.6) is 11.5 Å². The molecule has 2 aromatic heterocycles. The highest BCUT2D eigenvalue weighted by molar-refractivity contribution is 6.76. The highest BCUT2D eigenvalue weighted by atomic mass is 28.3. The Balaban J connectivity index is 1.45. The minimum Gasteiger partial charge on any atom is -0.496 e. The molecule has 0 aliphatic carbocycles. The standard InChI is InChI=1S/C34H40F3N3O5Si/c1-33(2,32(41)44-21-24-10-8-7-9-11-24)22-45-26-13-14-27(29(18-26)42-3)28-15-12-25(19-38-28)31-39-30(34(35,36)37)20-40(31)23-43-16-17-46(4,5)6/h7-15,18-20H,16-17,21-23H2,1-6H3. The Bertz CT molecular complexity index is 1600. The van der Waals surface area contributed by atoms with Gasteiger partial charge < -0.3 is 23.5 Å². The van der Waals surface area contributed by atoms with E-state index in [4.69, 9.17) is 18.9 Å². The van der Waals surface area contributed by atoms with E-state index in [0.717, 1.165) is 17.8 Å². The number of carbonyl (C=O) groups is 1. The van der Waals surface area contributed by atoms with E-state index in [9.17, 15) is 18.0 Å². The highest BCUT2D eigenvalue weighted by Crippen LogP contribution is 2.35. The largest absolute Gasteiger partial charge is 0.496 e. The second-order valence-electron chi connectivity index (χ2n) is 12.8. The molecule has 0 radical (unpaired) electrons. The van der Waals surface area contributed by atoms with E-state index >= 15 is 0 Å². The predicted octanol–water partition coefficient (Wildman–Crippen LogP) is 8.10. The smallest absolute Gasteiger partial charge is 0.434 e. The van der Waals surface area contributed by atoms with Crippen LogP contribution in [-0.4, -0.2) is 48.9 Å². The Kier molecular flexibility index (Phi) is 10.9. The van der Waals surface area contributed by atoms with Gasteiger partial charge in [-0.2, -0.15) is 13.2 Å². The molecule has 0 spiro atoms. The number of esters is 1. The minimum absolute atomic E-state index is 0.0541. The lowest BCUT2D eigenvalue weighted by atomic mass is 9.95. The normalized spacial score (nSPS) is 12.2. The highest BCUT2D eigenvalue weighted by Gasteiger charge is 2.35. The number of imidazole rings is 1. The first kappa shape index (κ1) is 34.7. The maximum absolute atomic E-state index is 13.5. The number of alkyl halides is 3. The minimum atomic E-state index is -4.60. The van der Waals surface area contributed by atoms with Crippen molar-refractivity contribution < 1.29 is 36.9 Å². The van der Waals surface area contributed by atoms with E-state index in [2.05, 4.69) is 29.6 Å². The molecule has 0 aliphatic rings. The first-order valence-electron chi connectivity index (χ1n) is 14.9. The monoisotopic (exact) mass is 655 g/mol. The summed E-state index contributed by atoms with van der Waals surface area (Å²) in [6.07, 6.45) is -2.16. The fourth-order valence-electron chi connectivity index (χ4n) is 4.32. The molecule has 46 heavy (non-hydrogen) atoms. The van der Waals surface area contributed by atoms with Crippen molar-refractivity contribution in [3.63, 3.8) is 0 Å². The van der Waals surface area contributed by atoms with Crippen molar-refractivity contribution in [1.29, 1.82) is 0 Å². The van der Waals surface area contributed by atoms with Crippen molar-refractivity contribution in [2.45, 2.75) is 59.0 Å². The van der Waals surface area contributed by atoms with Crippen LogP contribution >= 0.6 is 0 Å². The number of hydrogen-bond donors (Lipinski definition) is 0. The zero-order chi connectivity index (χ0) is 33.5. The van der Waals surface area contributed by atoms with Gasteiger partial charge in [-0.1, -0.05) is 50.0 Å². The molecule has 4 aromatic rings. The third-order valence-electron chi connectivity index (χ3n) is 7.13. The lowest BCUT2D eigenvalue weighted by Gasteiger charge is -2.23. The van der Waals surface area contributed by atoms with Gasteiger partial charge in [0.05, 0.1) is 18.2 Å². The number of hydrogen-bond acceptors (Lipinski definition) is 7. The molecule has 246 valence electrons. The van der Waals surface area contributed by atoms with Gasteiger partial charge in [0.2, 0.25) is 0 Å². The molecule has 0 saturated carbocycles. The molecule has 4 rings (SSSR count). The molecule has 12 heteroatoms. The van der Waals surface area contributed by atoms with Gasteiger partial charge in [-0.25, -0.2) is 4.98 Å². The van der Waals surface area contributed by atoms with E-state index in [1.165, 1.54) is 17.9 Å². The van der Waals surface area contributed by atoms with Crippen LogP contribution in [0.2, 0.25) is 25.7 Å². The summed E-state index contributed by atoms with van der Waals surface area (Å²) in [5.41, 5.74) is 0.593. The fourth-order valence-corrected chi connectivity index (χ4v) is 5.08. The number of nitrogens with zero attached hydrogens (tertiary/aromatic N) is 3. The van der Waals surface area contributed by atoms with Crippen molar-refractivity contribution in [2.75, 3.05) is 20.3 Å². The summed E-state index contributed by atoms with van der Waals surface area (Å²) >= 11 is 0. The quantitative estimate of drug-likeness (QED) is 0.0771. The molecule has 0 N–H and O–H groups in total. The number of rotatable bonds is 14. The lowest BCUT2D eigenvalue weighted by Crippen LogP contribution is -2.32. The lowest BCUT2D eigenvalue weighted by molar-refractivity contribution is -0.157. The third-order valence-corrected chi connectivity index (χ3v) is 8.83. The van der Waals surface area contributed by atoms with Crippen LogP contribution in [0, 0.1) is 5.41 Å². The second kappa shape index (κ2) is 14.5. The van der Waals surface area contributed by atoms with Crippen LogP contribution in [0.15, 0.2) is 73.1 Å². The van der Waals surface area contributed by atoms with Crippen LogP contribution in [-0.2, 0) is 33.8 Å². The van der Waals surface area contributed by atoms with E-state index in [0.29, 0.717) is 34.9 Å². The van der Waals surface area contributed by atoms with E-state index in [1.54, 1.807) is 44.2 Å². The molecular formula is C34H40F3N3O5Si. The maximum Gasteiger partial charge on any atom is 0.434 e. The summed E-state index contributed by atoms with van der Waals surface area (Å²) in [4.78, 5) is 21.1. The summed E-state index contributed by atoms with van der Waals surface area (Å²) in [5.74, 6) is 0.682. The maximum atomic E-state index is 13.5. The molecule has 2 heterocycles. The van der Waals surface area contributed by atoms with Gasteiger partial charge in [-0.15, -0.1) is 0 Å². The SMILES string of the molecule is COc1cc(OCC(C)(C)C(=O)OCc2ccccc2)ccc1-c1ccc(-c2nc(C(F)(F)F)cn2COCC[Si](C)(C)C)cn1. The summed E-state index contributed by atoms with van der Waals surface area (Å²) in [5, 5.41) is 0. The molecule has 0 aliphatic heterocycles. The number of benzene rings is 2. The van der Waals surface area contributed by atoms with Crippen molar-refractivity contribution in [2.24, 2.45) is 5.41 Å². The average Bonchev–Trinajstić information content (AvgIpc) is 3.46. The Morgan fingerprint density at radius 3 is 2.37 bits per heavy atom. The first-order valence-corrected chi connectivity index (χ1v) is 18.6. The third kappa shape index (κ3) is 9.43. The molecule has 0 bridgehead atoms. The fraction of sp³-hybridized carbons (Fsp3) is 0.382. The molecule has 0 atom stereocenters. The van der Waals surface area contributed by atoms with Crippen molar-refractivity contribution in [1.82, 2.24) is 14.5 Å². The van der Waals surface area contributed by atoms with Crippen molar-refractivity contribution >= 4 is 14.0 Å². The second-order valence-corrected chi connectivity index (χ2v) is 18.4. The molecule has 0 amide bonds. The van der Waals surface area contributed by atoms with Crippen LogP contribution < -0.4 is 9.47 Å². The van der Waals surface area contributed by atoms with Crippen molar-refractivity contribution in [3.05, 3.63) is 84.3 Å². The first-order chi connectivity index (χ1) is 21.7. The van der Waals surface area contributed by atoms with Gasteiger partial charge in [-0.3, -0.25) is 9.78 Å². The number of ether oxygens (including phenoxy) is 4. The Morgan fingerprint density at radius 2 is 1.74 bits per heavy atom. The van der Waals surface area contributed by atoms with E-state index < -0.39 is 25.4 Å². The van der Waals surface area contributed by atoms with Crippen molar-refractivity contribution in [3.8, 4) is 34.1 Å². The topological polar surface area (TPSA) is 84.7 Å². The predicted molar refractivity (Wildman–Crippen MR) is 172 cm³/mol. The molecule has 8 nitrogen and oxygen atoms in total.